The highest BCUT2D eigenvalue weighted by Crippen LogP contribution is 2.28. The zero-order valence-corrected chi connectivity index (χ0v) is 10.2. The van der Waals surface area contributed by atoms with Crippen LogP contribution in [0.1, 0.15) is 0 Å². The Morgan fingerprint density at radius 3 is 2.63 bits per heavy atom. The van der Waals surface area contributed by atoms with Crippen LogP contribution in [0.15, 0.2) is 61.1 Å². The number of aromatic nitrogens is 3. The number of aromatic amines is 1. The van der Waals surface area contributed by atoms with E-state index in [4.69, 9.17) is 0 Å². The average molecular weight is 245 g/mol. The van der Waals surface area contributed by atoms with Crippen molar-refractivity contribution in [2.45, 2.75) is 0 Å². The number of rotatable bonds is 1. The van der Waals surface area contributed by atoms with Crippen LogP contribution in [-0.2, 0) is 0 Å². The van der Waals surface area contributed by atoms with E-state index in [1.165, 1.54) is 10.8 Å². The fraction of sp³-hybridized carbons (Fsp3) is 0. The van der Waals surface area contributed by atoms with Gasteiger partial charge in [-0.1, -0.05) is 30.3 Å². The van der Waals surface area contributed by atoms with Crippen molar-refractivity contribution in [1.29, 1.82) is 0 Å². The molecule has 19 heavy (non-hydrogen) atoms. The van der Waals surface area contributed by atoms with Gasteiger partial charge in [-0.15, -0.1) is 0 Å². The van der Waals surface area contributed by atoms with Gasteiger partial charge in [0.25, 0.3) is 0 Å². The molecule has 4 rings (SSSR count). The molecule has 2 aromatic heterocycles. The Balaban J connectivity index is 1.99. The molecule has 0 saturated carbocycles. The average Bonchev–Trinajstić information content (AvgIpc) is 2.86. The standard InChI is InChI=1S/C16H11N3/c1-2-4-14-12(3-1)13-6-5-11(9-15(13)19-14)16-10-17-7-8-18-16/h1-10,19H. The number of hydrogen-bond donors (Lipinski definition) is 1. The quantitative estimate of drug-likeness (QED) is 0.554. The van der Waals surface area contributed by atoms with Crippen LogP contribution in [0.4, 0.5) is 0 Å². The van der Waals surface area contributed by atoms with Gasteiger partial charge in [-0.05, 0) is 12.1 Å². The first-order valence-electron chi connectivity index (χ1n) is 6.19. The number of H-pyrrole nitrogens is 1. The van der Waals surface area contributed by atoms with Crippen LogP contribution < -0.4 is 0 Å². The van der Waals surface area contributed by atoms with Gasteiger partial charge in [0.1, 0.15) is 0 Å². The molecule has 0 aliphatic heterocycles. The largest absolute Gasteiger partial charge is 0.354 e. The maximum atomic E-state index is 4.33. The molecule has 0 saturated heterocycles. The molecule has 0 atom stereocenters. The minimum Gasteiger partial charge on any atom is -0.354 e. The number of fused-ring (bicyclic) bond motifs is 3. The fourth-order valence-electron chi connectivity index (χ4n) is 2.46. The van der Waals surface area contributed by atoms with Crippen LogP contribution in [0, 0.1) is 0 Å². The summed E-state index contributed by atoms with van der Waals surface area (Å²) in [7, 11) is 0. The smallest absolute Gasteiger partial charge is 0.0885 e. The Labute approximate surface area is 110 Å². The van der Waals surface area contributed by atoms with Crippen molar-refractivity contribution in [2.24, 2.45) is 0 Å². The SMILES string of the molecule is c1ccc2c(c1)[nH]c1cc(-c3cnccn3)ccc12. The molecule has 0 aliphatic rings. The van der Waals surface area contributed by atoms with Crippen LogP contribution >= 0.6 is 0 Å². The summed E-state index contributed by atoms with van der Waals surface area (Å²) in [5.74, 6) is 0. The Bertz CT molecular complexity index is 863. The van der Waals surface area contributed by atoms with E-state index in [0.717, 1.165) is 22.3 Å². The summed E-state index contributed by atoms with van der Waals surface area (Å²) in [4.78, 5) is 11.9. The van der Waals surface area contributed by atoms with E-state index in [1.807, 2.05) is 6.07 Å². The van der Waals surface area contributed by atoms with E-state index in [1.54, 1.807) is 18.6 Å². The first-order chi connectivity index (χ1) is 9.42. The molecule has 1 N–H and O–H groups in total. The Morgan fingerprint density at radius 1 is 0.842 bits per heavy atom. The number of nitrogens with zero attached hydrogens (tertiary/aromatic N) is 2. The number of hydrogen-bond acceptors (Lipinski definition) is 2. The van der Waals surface area contributed by atoms with Gasteiger partial charge in [-0.2, -0.15) is 0 Å². The minimum absolute atomic E-state index is 0.892. The predicted octanol–water partition coefficient (Wildman–Crippen LogP) is 3.78. The number of benzene rings is 2. The second kappa shape index (κ2) is 3.92. The normalized spacial score (nSPS) is 11.2. The topological polar surface area (TPSA) is 41.6 Å². The molecule has 0 bridgehead atoms. The van der Waals surface area contributed by atoms with Gasteiger partial charge < -0.3 is 4.98 Å². The van der Waals surface area contributed by atoms with E-state index in [-0.39, 0.29) is 0 Å². The second-order valence-electron chi connectivity index (χ2n) is 4.52. The lowest BCUT2D eigenvalue weighted by molar-refractivity contribution is 1.21. The van der Waals surface area contributed by atoms with Crippen molar-refractivity contribution >= 4 is 21.8 Å². The third-order valence-corrected chi connectivity index (χ3v) is 3.37. The summed E-state index contributed by atoms with van der Waals surface area (Å²) >= 11 is 0. The summed E-state index contributed by atoms with van der Waals surface area (Å²) in [6, 6.07) is 14.7. The highest BCUT2D eigenvalue weighted by Gasteiger charge is 2.05. The van der Waals surface area contributed by atoms with Crippen molar-refractivity contribution < 1.29 is 0 Å². The lowest BCUT2D eigenvalue weighted by atomic mass is 10.1. The third-order valence-electron chi connectivity index (χ3n) is 3.37. The lowest BCUT2D eigenvalue weighted by Gasteiger charge is -1.99. The highest BCUT2D eigenvalue weighted by molar-refractivity contribution is 6.08. The van der Waals surface area contributed by atoms with E-state index in [9.17, 15) is 0 Å². The summed E-state index contributed by atoms with van der Waals surface area (Å²) in [5, 5.41) is 2.49. The van der Waals surface area contributed by atoms with Crippen molar-refractivity contribution in [1.82, 2.24) is 15.0 Å². The molecular weight excluding hydrogens is 234 g/mol. The van der Waals surface area contributed by atoms with Crippen LogP contribution in [0.5, 0.6) is 0 Å². The maximum Gasteiger partial charge on any atom is 0.0885 e. The van der Waals surface area contributed by atoms with Gasteiger partial charge in [0.15, 0.2) is 0 Å². The summed E-state index contributed by atoms with van der Waals surface area (Å²) in [5.41, 5.74) is 4.26. The fourth-order valence-corrected chi connectivity index (χ4v) is 2.46. The molecule has 90 valence electrons. The Hall–Kier alpha value is -2.68. The maximum absolute atomic E-state index is 4.33. The van der Waals surface area contributed by atoms with Gasteiger partial charge in [-0.25, -0.2) is 0 Å². The molecule has 2 aromatic carbocycles. The van der Waals surface area contributed by atoms with Crippen molar-refractivity contribution in [2.75, 3.05) is 0 Å². The molecule has 3 nitrogen and oxygen atoms in total. The van der Waals surface area contributed by atoms with Crippen LogP contribution in [0.2, 0.25) is 0 Å². The lowest BCUT2D eigenvalue weighted by Crippen LogP contribution is -1.83. The Kier molecular flexibility index (Phi) is 2.12. The number of para-hydroxylation sites is 1. The molecule has 0 spiro atoms. The van der Waals surface area contributed by atoms with Crippen LogP contribution in [-0.4, -0.2) is 15.0 Å². The molecule has 0 radical (unpaired) electrons. The summed E-state index contributed by atoms with van der Waals surface area (Å²) < 4.78 is 0. The Morgan fingerprint density at radius 2 is 1.74 bits per heavy atom. The summed E-state index contributed by atoms with van der Waals surface area (Å²) in [6.45, 7) is 0. The first-order valence-corrected chi connectivity index (χ1v) is 6.19. The summed E-state index contributed by atoms with van der Waals surface area (Å²) in [6.07, 6.45) is 5.18. The number of nitrogens with one attached hydrogen (secondary N) is 1. The van der Waals surface area contributed by atoms with Crippen molar-refractivity contribution in [3.05, 3.63) is 61.1 Å². The monoisotopic (exact) mass is 245 g/mol. The van der Waals surface area contributed by atoms with Crippen LogP contribution in [0.3, 0.4) is 0 Å². The molecule has 0 amide bonds. The molecule has 0 aliphatic carbocycles. The minimum atomic E-state index is 0.892. The van der Waals surface area contributed by atoms with Crippen molar-refractivity contribution in [3.63, 3.8) is 0 Å². The predicted molar refractivity (Wildman–Crippen MR) is 76.8 cm³/mol. The zero-order chi connectivity index (χ0) is 12.7. The molecule has 2 heterocycles. The van der Waals surface area contributed by atoms with Gasteiger partial charge in [0, 0.05) is 39.8 Å². The van der Waals surface area contributed by atoms with E-state index in [2.05, 4.69) is 51.4 Å². The van der Waals surface area contributed by atoms with E-state index >= 15 is 0 Å². The van der Waals surface area contributed by atoms with E-state index < -0.39 is 0 Å². The molecule has 0 fully saturated rings. The van der Waals surface area contributed by atoms with E-state index in [0.29, 0.717) is 0 Å². The first kappa shape index (κ1) is 10.3. The van der Waals surface area contributed by atoms with Crippen LogP contribution in [0.25, 0.3) is 33.1 Å². The van der Waals surface area contributed by atoms with Gasteiger partial charge in [0.2, 0.25) is 0 Å². The van der Waals surface area contributed by atoms with Gasteiger partial charge >= 0.3 is 0 Å². The second-order valence-corrected chi connectivity index (χ2v) is 4.52. The van der Waals surface area contributed by atoms with Gasteiger partial charge in [0.05, 0.1) is 11.9 Å². The molecule has 0 unspecified atom stereocenters. The third kappa shape index (κ3) is 1.59. The van der Waals surface area contributed by atoms with Crippen molar-refractivity contribution in [3.8, 4) is 11.3 Å². The molecular formula is C16H11N3. The molecule has 3 heteroatoms. The zero-order valence-electron chi connectivity index (χ0n) is 10.2. The molecule has 4 aromatic rings. The highest BCUT2D eigenvalue weighted by atomic mass is 14.8. The van der Waals surface area contributed by atoms with Gasteiger partial charge in [-0.3, -0.25) is 9.97 Å².